The van der Waals surface area contributed by atoms with Crippen molar-refractivity contribution in [2.24, 2.45) is 0 Å². The van der Waals surface area contributed by atoms with Crippen LogP contribution < -0.4 is 10.8 Å². The maximum atomic E-state index is 10.9. The van der Waals surface area contributed by atoms with Crippen molar-refractivity contribution in [3.63, 3.8) is 0 Å². The molecule has 0 aliphatic carbocycles. The zero-order valence-corrected chi connectivity index (χ0v) is 7.40. The van der Waals surface area contributed by atoms with Gasteiger partial charge in [0.25, 0.3) is 0 Å². The van der Waals surface area contributed by atoms with Crippen molar-refractivity contribution in [3.8, 4) is 0 Å². The van der Waals surface area contributed by atoms with Crippen LogP contribution in [-0.2, 0) is 14.4 Å². The van der Waals surface area contributed by atoms with Gasteiger partial charge in [-0.15, -0.1) is 0 Å². The average molecular weight is 194 g/mol. The van der Waals surface area contributed by atoms with Gasteiger partial charge in [-0.05, 0) is 12.1 Å². The van der Waals surface area contributed by atoms with E-state index >= 15 is 0 Å². The van der Waals surface area contributed by atoms with Gasteiger partial charge in [0.15, 0.2) is 0 Å². The summed E-state index contributed by atoms with van der Waals surface area (Å²) in [5, 5.41) is 2.19. The second-order valence-corrected chi connectivity index (χ2v) is 2.44. The molecule has 5 nitrogen and oxygen atoms in total. The van der Waals surface area contributed by atoms with E-state index in [1.54, 1.807) is 24.3 Å². The van der Waals surface area contributed by atoms with E-state index in [9.17, 15) is 9.59 Å². The molecule has 0 spiro atoms. The quantitative estimate of drug-likeness (QED) is 0.522. The molecular weight excluding hydrogens is 184 g/mol. The van der Waals surface area contributed by atoms with Crippen molar-refractivity contribution in [3.05, 3.63) is 30.3 Å². The van der Waals surface area contributed by atoms with E-state index in [-0.39, 0.29) is 6.54 Å². The molecule has 0 radical (unpaired) electrons. The lowest BCUT2D eigenvalue weighted by molar-refractivity contribution is -0.140. The number of benzene rings is 1. The maximum absolute atomic E-state index is 10.9. The molecule has 14 heavy (non-hydrogen) atoms. The van der Waals surface area contributed by atoms with Crippen molar-refractivity contribution in [1.29, 1.82) is 0 Å². The molecule has 0 atom stereocenters. The largest absolute Gasteiger partial charge is 0.351 e. The van der Waals surface area contributed by atoms with Gasteiger partial charge in [0.2, 0.25) is 6.41 Å². The molecule has 0 aliphatic heterocycles. The number of hydrogen-bond acceptors (Lipinski definition) is 4. The zero-order valence-electron chi connectivity index (χ0n) is 7.40. The second-order valence-electron chi connectivity index (χ2n) is 2.44. The third-order valence-electron chi connectivity index (χ3n) is 1.39. The normalized spacial score (nSPS) is 8.86. The van der Waals surface area contributed by atoms with Crippen LogP contribution in [0, 0.1) is 0 Å². The summed E-state index contributed by atoms with van der Waals surface area (Å²) in [5.41, 5.74) is 3.12. The molecule has 1 rings (SSSR count). The Kier molecular flexibility index (Phi) is 4.00. The van der Waals surface area contributed by atoms with Crippen LogP contribution in [-0.4, -0.2) is 18.9 Å². The molecule has 2 N–H and O–H groups in total. The van der Waals surface area contributed by atoms with Crippen molar-refractivity contribution in [2.45, 2.75) is 0 Å². The van der Waals surface area contributed by atoms with Crippen LogP contribution in [0.4, 0.5) is 5.69 Å². The molecule has 1 amide bonds. The minimum Gasteiger partial charge on any atom is -0.348 e. The number of amides is 1. The molecule has 0 aromatic heterocycles. The van der Waals surface area contributed by atoms with Gasteiger partial charge >= 0.3 is 5.97 Å². The number of carbonyl (C=O) groups is 2. The Hall–Kier alpha value is -2.04. The number of carbonyl (C=O) groups excluding carboxylic acids is 2. The number of nitrogens with one attached hydrogen (secondary N) is 2. The molecular formula is C9H10N2O3. The molecule has 1 aromatic rings. The van der Waals surface area contributed by atoms with Gasteiger partial charge in [-0.25, -0.2) is 10.3 Å². The number of hydrogen-bond donors (Lipinski definition) is 2. The fraction of sp³-hybridized carbons (Fsp3) is 0.111. The molecule has 0 fully saturated rings. The molecule has 1 aromatic carbocycles. The molecule has 5 heteroatoms. The number of anilines is 1. The molecule has 0 saturated carbocycles. The summed E-state index contributed by atoms with van der Waals surface area (Å²) in [5.74, 6) is -0.555. The predicted molar refractivity (Wildman–Crippen MR) is 50.2 cm³/mol. The minimum absolute atomic E-state index is 0.149. The van der Waals surface area contributed by atoms with Gasteiger partial charge < -0.3 is 10.2 Å². The van der Waals surface area contributed by atoms with Crippen LogP contribution in [0.3, 0.4) is 0 Å². The summed E-state index contributed by atoms with van der Waals surface area (Å²) in [6.45, 7) is -0.149. The lowest BCUT2D eigenvalue weighted by Crippen LogP contribution is -2.25. The summed E-state index contributed by atoms with van der Waals surface area (Å²) in [7, 11) is 0. The SMILES string of the molecule is O=CNCC(=O)ONc1ccccc1. The second kappa shape index (κ2) is 5.58. The first kappa shape index (κ1) is 10.0. The monoisotopic (exact) mass is 194 g/mol. The Morgan fingerprint density at radius 1 is 1.36 bits per heavy atom. The average Bonchev–Trinajstić information content (AvgIpc) is 2.25. The molecule has 0 bridgehead atoms. The van der Waals surface area contributed by atoms with Crippen LogP contribution in [0.2, 0.25) is 0 Å². The predicted octanol–water partition coefficient (Wildman–Crippen LogP) is 0.303. The van der Waals surface area contributed by atoms with Gasteiger partial charge in [0, 0.05) is 0 Å². The highest BCUT2D eigenvalue weighted by atomic mass is 16.7. The Balaban J connectivity index is 2.27. The fourth-order valence-corrected chi connectivity index (χ4v) is 0.783. The highest BCUT2D eigenvalue weighted by Gasteiger charge is 2.00. The molecule has 74 valence electrons. The summed E-state index contributed by atoms with van der Waals surface area (Å²) in [4.78, 5) is 25.3. The summed E-state index contributed by atoms with van der Waals surface area (Å²) >= 11 is 0. The Morgan fingerprint density at radius 2 is 2.07 bits per heavy atom. The van der Waals surface area contributed by atoms with E-state index in [0.717, 1.165) is 0 Å². The van der Waals surface area contributed by atoms with Gasteiger partial charge in [0.1, 0.15) is 6.54 Å². The first-order chi connectivity index (χ1) is 6.83. The van der Waals surface area contributed by atoms with Crippen LogP contribution in [0.5, 0.6) is 0 Å². The van der Waals surface area contributed by atoms with E-state index in [2.05, 4.69) is 15.6 Å². The smallest absolute Gasteiger partial charge is 0.348 e. The van der Waals surface area contributed by atoms with E-state index in [1.165, 1.54) is 0 Å². The topological polar surface area (TPSA) is 67.4 Å². The van der Waals surface area contributed by atoms with Crippen molar-refractivity contribution in [2.75, 3.05) is 12.0 Å². The molecule has 0 saturated heterocycles. The van der Waals surface area contributed by atoms with Gasteiger partial charge in [-0.1, -0.05) is 18.2 Å². The van der Waals surface area contributed by atoms with Crippen LogP contribution >= 0.6 is 0 Å². The van der Waals surface area contributed by atoms with E-state index in [1.807, 2.05) is 6.07 Å². The fourth-order valence-electron chi connectivity index (χ4n) is 0.783. The summed E-state index contributed by atoms with van der Waals surface area (Å²) in [6.07, 6.45) is 0.434. The highest BCUT2D eigenvalue weighted by molar-refractivity contribution is 5.74. The van der Waals surface area contributed by atoms with Crippen molar-refractivity contribution in [1.82, 2.24) is 5.32 Å². The van der Waals surface area contributed by atoms with Gasteiger partial charge in [-0.2, -0.15) is 0 Å². The van der Waals surface area contributed by atoms with E-state index in [4.69, 9.17) is 0 Å². The first-order valence-electron chi connectivity index (χ1n) is 4.00. The number of para-hydroxylation sites is 1. The zero-order chi connectivity index (χ0) is 10.2. The molecule has 0 aliphatic rings. The van der Waals surface area contributed by atoms with Crippen molar-refractivity contribution < 1.29 is 14.4 Å². The lowest BCUT2D eigenvalue weighted by Gasteiger charge is -2.05. The van der Waals surface area contributed by atoms with Crippen LogP contribution in [0.15, 0.2) is 30.3 Å². The van der Waals surface area contributed by atoms with Gasteiger partial charge in [-0.3, -0.25) is 4.79 Å². The maximum Gasteiger partial charge on any atom is 0.351 e. The van der Waals surface area contributed by atoms with Gasteiger partial charge in [0.05, 0.1) is 5.69 Å². The Labute approximate surface area is 81.0 Å². The molecule has 0 heterocycles. The van der Waals surface area contributed by atoms with Crippen molar-refractivity contribution >= 4 is 18.1 Å². The third-order valence-corrected chi connectivity index (χ3v) is 1.39. The first-order valence-corrected chi connectivity index (χ1v) is 4.00. The van der Waals surface area contributed by atoms with E-state index in [0.29, 0.717) is 12.1 Å². The standard InChI is InChI=1S/C9H10N2O3/c12-7-10-6-9(13)14-11-8-4-2-1-3-5-8/h1-5,7,11H,6H2,(H,10,12). The Bertz CT molecular complexity index is 300. The van der Waals surface area contributed by atoms with Crippen LogP contribution in [0.1, 0.15) is 0 Å². The molecule has 0 unspecified atom stereocenters. The third kappa shape index (κ3) is 3.57. The van der Waals surface area contributed by atoms with E-state index < -0.39 is 5.97 Å². The lowest BCUT2D eigenvalue weighted by atomic mass is 10.3. The number of rotatable bonds is 5. The van der Waals surface area contributed by atoms with Crippen LogP contribution in [0.25, 0.3) is 0 Å². The summed E-state index contributed by atoms with van der Waals surface area (Å²) in [6, 6.07) is 8.96. The minimum atomic E-state index is -0.555. The highest BCUT2D eigenvalue weighted by Crippen LogP contribution is 2.04. The Morgan fingerprint density at radius 3 is 2.71 bits per heavy atom. The summed E-state index contributed by atoms with van der Waals surface area (Å²) < 4.78 is 0.